The van der Waals surface area contributed by atoms with E-state index in [0.29, 0.717) is 11.8 Å². The van der Waals surface area contributed by atoms with Crippen LogP contribution in [-0.2, 0) is 14.4 Å². The molecule has 134 valence electrons. The molecule has 0 unspecified atom stereocenters. The van der Waals surface area contributed by atoms with Gasteiger partial charge in [-0.2, -0.15) is 0 Å². The lowest BCUT2D eigenvalue weighted by Crippen LogP contribution is -2.20. The van der Waals surface area contributed by atoms with E-state index in [-0.39, 0.29) is 13.0 Å². The summed E-state index contributed by atoms with van der Waals surface area (Å²) in [5.74, 6) is -0.980. The number of amides is 1. The van der Waals surface area contributed by atoms with Gasteiger partial charge >= 0.3 is 11.9 Å². The molecule has 0 aromatic carbocycles. The van der Waals surface area contributed by atoms with Crippen molar-refractivity contribution in [3.63, 3.8) is 0 Å². The first-order valence-corrected chi connectivity index (χ1v) is 7.92. The third-order valence-electron chi connectivity index (χ3n) is 3.37. The number of aliphatic carboxylic acids is 2. The van der Waals surface area contributed by atoms with Crippen molar-refractivity contribution in [3.05, 3.63) is 12.2 Å². The van der Waals surface area contributed by atoms with E-state index in [1.54, 1.807) is 6.92 Å². The molecule has 0 spiro atoms. The Morgan fingerprint density at radius 1 is 1.26 bits per heavy atom. The Morgan fingerprint density at radius 2 is 1.83 bits per heavy atom. The van der Waals surface area contributed by atoms with Crippen molar-refractivity contribution in [1.82, 2.24) is 5.32 Å². The van der Waals surface area contributed by atoms with Gasteiger partial charge in [-0.15, -0.1) is 0 Å². The summed E-state index contributed by atoms with van der Waals surface area (Å²) in [4.78, 5) is 28.2. The van der Waals surface area contributed by atoms with E-state index in [1.165, 1.54) is 25.7 Å². The van der Waals surface area contributed by atoms with Crippen molar-refractivity contribution in [2.24, 2.45) is 11.3 Å². The van der Waals surface area contributed by atoms with Crippen LogP contribution in [0.1, 0.15) is 59.8 Å². The molecule has 1 aliphatic carbocycles. The normalized spacial score (nSPS) is 20.1. The monoisotopic (exact) mass is 329 g/mol. The van der Waals surface area contributed by atoms with Crippen LogP contribution < -0.4 is 5.32 Å². The fourth-order valence-electron chi connectivity index (χ4n) is 1.77. The topological polar surface area (TPSA) is 104 Å². The number of nitrogens with one attached hydrogen (secondary N) is 1. The third kappa shape index (κ3) is 20.1. The molecule has 1 rings (SSSR count). The Morgan fingerprint density at radius 3 is 2.22 bits per heavy atom. The second kappa shape index (κ2) is 13.8. The highest BCUT2D eigenvalue weighted by Crippen LogP contribution is 2.32. The average Bonchev–Trinajstić information content (AvgIpc) is 2.47. The van der Waals surface area contributed by atoms with E-state index in [1.807, 2.05) is 5.32 Å². The molecule has 0 heterocycles. The van der Waals surface area contributed by atoms with Crippen LogP contribution in [-0.4, -0.2) is 35.1 Å². The number of allylic oxidation sites excluding steroid dienone is 2. The molecule has 6 heteroatoms. The van der Waals surface area contributed by atoms with E-state index < -0.39 is 11.9 Å². The number of carbonyl (C=O) groups is 3. The van der Waals surface area contributed by atoms with E-state index in [9.17, 15) is 14.4 Å². The summed E-state index contributed by atoms with van der Waals surface area (Å²) in [5, 5.41) is 17.5. The smallest absolute Gasteiger partial charge is 0.322 e. The van der Waals surface area contributed by atoms with Crippen LogP contribution in [0.3, 0.4) is 0 Å². The van der Waals surface area contributed by atoms with Crippen LogP contribution in [0.15, 0.2) is 12.2 Å². The highest BCUT2D eigenvalue weighted by Gasteiger charge is 2.18. The summed E-state index contributed by atoms with van der Waals surface area (Å²) in [6.45, 7) is 8.39. The molecule has 0 aromatic heterocycles. The summed E-state index contributed by atoms with van der Waals surface area (Å²) in [6.07, 6.45) is 10.7. The summed E-state index contributed by atoms with van der Waals surface area (Å²) >= 11 is 0. The standard InChI is InChI=1S/C11H20.C3H5NO3.C3H6O2/c1-10-6-4-5-8-11(2,3)9-7-10;5-2-4-1-3(6)7;1-2-3(4)5/h4,6,10H,5,7-9H2,1-3H3;2H,1H2,(H,4,5)(H,6,7);2H2,1H3,(H,4,5)/b6-4+;;/t10-;;/m0../s1. The molecule has 0 fully saturated rings. The van der Waals surface area contributed by atoms with Gasteiger partial charge in [-0.3, -0.25) is 14.4 Å². The van der Waals surface area contributed by atoms with E-state index in [2.05, 4.69) is 32.9 Å². The first-order chi connectivity index (χ1) is 10.6. The molecule has 3 N–H and O–H groups in total. The Kier molecular flexibility index (Phi) is 14.0. The predicted octanol–water partition coefficient (Wildman–Crippen LogP) is 3.08. The summed E-state index contributed by atoms with van der Waals surface area (Å²) in [7, 11) is 0. The van der Waals surface area contributed by atoms with Gasteiger partial charge in [0.15, 0.2) is 0 Å². The van der Waals surface area contributed by atoms with Gasteiger partial charge in [0, 0.05) is 6.42 Å². The van der Waals surface area contributed by atoms with Gasteiger partial charge in [-0.1, -0.05) is 39.8 Å². The first-order valence-electron chi connectivity index (χ1n) is 7.92. The lowest BCUT2D eigenvalue weighted by atomic mass is 9.79. The number of carbonyl (C=O) groups excluding carboxylic acids is 1. The van der Waals surface area contributed by atoms with Crippen LogP contribution >= 0.6 is 0 Å². The second-order valence-corrected chi connectivity index (χ2v) is 6.29. The van der Waals surface area contributed by atoms with Crippen molar-refractivity contribution >= 4 is 18.3 Å². The maximum absolute atomic E-state index is 9.54. The zero-order valence-corrected chi connectivity index (χ0v) is 14.7. The number of carboxylic acid groups (broad SMARTS) is 2. The second-order valence-electron chi connectivity index (χ2n) is 6.29. The molecule has 6 nitrogen and oxygen atoms in total. The quantitative estimate of drug-likeness (QED) is 0.543. The zero-order valence-electron chi connectivity index (χ0n) is 14.7. The minimum absolute atomic E-state index is 0.222. The molecule has 0 aliphatic heterocycles. The Hall–Kier alpha value is -1.85. The maximum atomic E-state index is 9.54. The van der Waals surface area contributed by atoms with Crippen molar-refractivity contribution in [2.45, 2.75) is 59.8 Å². The molecule has 0 aromatic rings. The molecular weight excluding hydrogens is 298 g/mol. The van der Waals surface area contributed by atoms with Gasteiger partial charge in [0.2, 0.25) is 6.41 Å². The largest absolute Gasteiger partial charge is 0.481 e. The number of carboxylic acids is 2. The fraction of sp³-hybridized carbons (Fsp3) is 0.706. The van der Waals surface area contributed by atoms with E-state index in [0.717, 1.165) is 5.92 Å². The van der Waals surface area contributed by atoms with E-state index in [4.69, 9.17) is 10.2 Å². The number of hydrogen-bond acceptors (Lipinski definition) is 3. The first kappa shape index (κ1) is 23.4. The van der Waals surface area contributed by atoms with Crippen molar-refractivity contribution in [1.29, 1.82) is 0 Å². The fourth-order valence-corrected chi connectivity index (χ4v) is 1.77. The van der Waals surface area contributed by atoms with Crippen molar-refractivity contribution in [3.8, 4) is 0 Å². The molecule has 1 amide bonds. The zero-order chi connectivity index (χ0) is 18.3. The van der Waals surface area contributed by atoms with Gasteiger partial charge in [0.1, 0.15) is 6.54 Å². The van der Waals surface area contributed by atoms with Crippen LogP contribution in [0.4, 0.5) is 0 Å². The summed E-state index contributed by atoms with van der Waals surface area (Å²) in [6, 6.07) is 0. The summed E-state index contributed by atoms with van der Waals surface area (Å²) < 4.78 is 0. The highest BCUT2D eigenvalue weighted by atomic mass is 16.4. The molecular formula is C17H31NO5. The molecule has 0 saturated carbocycles. The lowest BCUT2D eigenvalue weighted by molar-refractivity contribution is -0.137. The highest BCUT2D eigenvalue weighted by molar-refractivity contribution is 5.71. The maximum Gasteiger partial charge on any atom is 0.322 e. The minimum atomic E-state index is -1.04. The predicted molar refractivity (Wildman–Crippen MR) is 90.2 cm³/mol. The molecule has 0 bridgehead atoms. The molecule has 1 aliphatic rings. The molecule has 23 heavy (non-hydrogen) atoms. The molecule has 1 atom stereocenters. The third-order valence-corrected chi connectivity index (χ3v) is 3.37. The summed E-state index contributed by atoms with van der Waals surface area (Å²) in [5.41, 5.74) is 0.582. The number of rotatable bonds is 4. The molecule has 0 saturated heterocycles. The van der Waals surface area contributed by atoms with Crippen LogP contribution in [0.5, 0.6) is 0 Å². The Balaban J connectivity index is 0. The van der Waals surface area contributed by atoms with Gasteiger partial charge in [0.05, 0.1) is 0 Å². The van der Waals surface area contributed by atoms with Gasteiger partial charge in [-0.25, -0.2) is 0 Å². The SMILES string of the molecule is CCC(=O)O.C[C@H]1/C=C/CCC(C)(C)CC1.O=CNCC(=O)O. The average molecular weight is 329 g/mol. The van der Waals surface area contributed by atoms with Crippen LogP contribution in [0.2, 0.25) is 0 Å². The molecule has 0 radical (unpaired) electrons. The van der Waals surface area contributed by atoms with Crippen molar-refractivity contribution < 1.29 is 24.6 Å². The van der Waals surface area contributed by atoms with Gasteiger partial charge in [0.25, 0.3) is 0 Å². The van der Waals surface area contributed by atoms with E-state index >= 15 is 0 Å². The van der Waals surface area contributed by atoms with Gasteiger partial charge < -0.3 is 15.5 Å². The lowest BCUT2D eigenvalue weighted by Gasteiger charge is -2.26. The minimum Gasteiger partial charge on any atom is -0.481 e. The Labute approximate surface area is 139 Å². The number of hydrogen-bond donors (Lipinski definition) is 3. The van der Waals surface area contributed by atoms with Crippen LogP contribution in [0, 0.1) is 11.3 Å². The van der Waals surface area contributed by atoms with Crippen molar-refractivity contribution in [2.75, 3.05) is 6.54 Å². The van der Waals surface area contributed by atoms with Gasteiger partial charge in [-0.05, 0) is 37.0 Å². The van der Waals surface area contributed by atoms with Crippen LogP contribution in [0.25, 0.3) is 0 Å². The Bertz CT molecular complexity index is 377.